The first-order valence-electron chi connectivity index (χ1n) is 9.18. The molecule has 4 N–H and O–H groups in total. The number of hydrogen-bond acceptors (Lipinski definition) is 6. The van der Waals surface area contributed by atoms with Gasteiger partial charge in [-0.3, -0.25) is 0 Å². The minimum atomic E-state index is -0.580. The van der Waals surface area contributed by atoms with Crippen molar-refractivity contribution in [1.29, 1.82) is 0 Å². The number of nitrogens with two attached hydrogens (primary N) is 2. The van der Waals surface area contributed by atoms with E-state index < -0.39 is 12.0 Å². The molecule has 1 aliphatic rings. The second-order valence-corrected chi connectivity index (χ2v) is 7.22. The lowest BCUT2D eigenvalue weighted by molar-refractivity contribution is 0.290. The lowest BCUT2D eigenvalue weighted by Crippen LogP contribution is -2.35. The highest BCUT2D eigenvalue weighted by atomic mass is 35.5. The van der Waals surface area contributed by atoms with Crippen molar-refractivity contribution in [2.45, 2.75) is 12.8 Å². The Bertz CT molecular complexity index is 1120. The van der Waals surface area contributed by atoms with Crippen molar-refractivity contribution in [3.05, 3.63) is 76.6 Å². The average molecular weight is 427 g/mol. The van der Waals surface area contributed by atoms with Crippen LogP contribution in [0.5, 0.6) is 11.5 Å². The predicted octanol–water partition coefficient (Wildman–Crippen LogP) is 4.79. The van der Waals surface area contributed by atoms with E-state index in [1.54, 1.807) is 47.6 Å². The molecule has 1 unspecified atom stereocenters. The van der Waals surface area contributed by atoms with Gasteiger partial charge in [0.05, 0.1) is 24.8 Å². The third-order valence-electron chi connectivity index (χ3n) is 4.82. The third-order valence-corrected chi connectivity index (χ3v) is 5.05. The topological polar surface area (TPSA) is 86.1 Å². The molecule has 0 aromatic heterocycles. The van der Waals surface area contributed by atoms with Crippen molar-refractivity contribution in [3.63, 3.8) is 0 Å². The first-order chi connectivity index (χ1) is 14.5. The molecule has 0 saturated heterocycles. The number of hydrogen-bond donors (Lipinski definition) is 2. The second kappa shape index (κ2) is 8.22. The molecule has 0 saturated carbocycles. The van der Waals surface area contributed by atoms with Gasteiger partial charge >= 0.3 is 0 Å². The highest BCUT2D eigenvalue weighted by molar-refractivity contribution is 6.30. The molecule has 4 rings (SSSR count). The predicted molar refractivity (Wildman–Crippen MR) is 117 cm³/mol. The van der Waals surface area contributed by atoms with Crippen molar-refractivity contribution in [2.75, 3.05) is 17.7 Å². The maximum atomic E-state index is 14.7. The summed E-state index contributed by atoms with van der Waals surface area (Å²) >= 11 is 5.97. The molecule has 8 heteroatoms. The Hall–Kier alpha value is -3.29. The molecule has 0 spiro atoms. The molecule has 6 nitrogen and oxygen atoms in total. The van der Waals surface area contributed by atoms with Crippen LogP contribution in [0.4, 0.5) is 21.5 Å². The first-order valence-corrected chi connectivity index (χ1v) is 9.56. The van der Waals surface area contributed by atoms with Gasteiger partial charge in [0.1, 0.15) is 18.5 Å². The van der Waals surface area contributed by atoms with Crippen LogP contribution in [0.25, 0.3) is 0 Å². The maximum absolute atomic E-state index is 14.7. The molecule has 1 atom stereocenters. The molecular weight excluding hydrogens is 407 g/mol. The van der Waals surface area contributed by atoms with Crippen LogP contribution in [-0.2, 0) is 6.61 Å². The van der Waals surface area contributed by atoms with E-state index >= 15 is 0 Å². The summed E-state index contributed by atoms with van der Waals surface area (Å²) < 4.78 is 25.5. The van der Waals surface area contributed by atoms with Crippen LogP contribution in [0.15, 0.2) is 59.6 Å². The number of rotatable bonds is 5. The average Bonchev–Trinajstić information content (AvgIpc) is 2.73. The molecule has 0 amide bonds. The van der Waals surface area contributed by atoms with E-state index in [9.17, 15) is 4.39 Å². The molecule has 0 bridgehead atoms. The summed E-state index contributed by atoms with van der Waals surface area (Å²) in [7, 11) is 1.54. The lowest BCUT2D eigenvalue weighted by atomic mass is 10.1. The van der Waals surface area contributed by atoms with E-state index in [1.165, 1.54) is 13.2 Å². The van der Waals surface area contributed by atoms with Gasteiger partial charge in [0.2, 0.25) is 0 Å². The highest BCUT2D eigenvalue weighted by Crippen LogP contribution is 2.39. The van der Waals surface area contributed by atoms with Gasteiger partial charge in [-0.2, -0.15) is 0 Å². The summed E-state index contributed by atoms with van der Waals surface area (Å²) in [5, 5.41) is 0.601. The molecule has 0 radical (unpaired) electrons. The van der Waals surface area contributed by atoms with Gasteiger partial charge in [-0.15, -0.1) is 0 Å². The van der Waals surface area contributed by atoms with Crippen LogP contribution in [0.1, 0.15) is 17.3 Å². The summed E-state index contributed by atoms with van der Waals surface area (Å²) in [6.07, 6.45) is 0.979. The lowest BCUT2D eigenvalue weighted by Gasteiger charge is -2.31. The monoisotopic (exact) mass is 426 g/mol. The van der Waals surface area contributed by atoms with E-state index in [2.05, 4.69) is 4.99 Å². The van der Waals surface area contributed by atoms with Gasteiger partial charge in [0.25, 0.3) is 0 Å². The van der Waals surface area contributed by atoms with Crippen LogP contribution in [0, 0.1) is 5.82 Å². The van der Waals surface area contributed by atoms with Gasteiger partial charge in [-0.05, 0) is 35.9 Å². The van der Waals surface area contributed by atoms with E-state index in [4.69, 9.17) is 32.5 Å². The Morgan fingerprint density at radius 2 is 1.97 bits per heavy atom. The van der Waals surface area contributed by atoms with Crippen molar-refractivity contribution in [1.82, 2.24) is 0 Å². The highest BCUT2D eigenvalue weighted by Gasteiger charge is 2.24. The number of nitrogens with zero attached hydrogens (tertiary/aromatic N) is 2. The minimum absolute atomic E-state index is 0.135. The Morgan fingerprint density at radius 3 is 2.70 bits per heavy atom. The zero-order valence-corrected chi connectivity index (χ0v) is 16.9. The zero-order chi connectivity index (χ0) is 21.3. The van der Waals surface area contributed by atoms with E-state index in [0.29, 0.717) is 27.8 Å². The number of fused-ring (bicyclic) bond motifs is 1. The van der Waals surface area contributed by atoms with E-state index in [-0.39, 0.29) is 12.4 Å². The van der Waals surface area contributed by atoms with Crippen molar-refractivity contribution < 1.29 is 13.9 Å². The van der Waals surface area contributed by atoms with Crippen LogP contribution in [0.3, 0.4) is 0 Å². The minimum Gasteiger partial charge on any atom is -0.495 e. The van der Waals surface area contributed by atoms with Gasteiger partial charge in [0.15, 0.2) is 11.6 Å². The van der Waals surface area contributed by atoms with E-state index in [0.717, 1.165) is 11.1 Å². The van der Waals surface area contributed by atoms with Crippen LogP contribution < -0.4 is 25.8 Å². The Kier molecular flexibility index (Phi) is 5.48. The molecular formula is C22H20ClFN4O2. The second-order valence-electron chi connectivity index (χ2n) is 6.78. The Morgan fingerprint density at radius 1 is 1.13 bits per heavy atom. The number of aliphatic imine (C=N–C) groups is 1. The Balaban J connectivity index is 1.54. The zero-order valence-electron chi connectivity index (χ0n) is 16.2. The number of ether oxygens (including phenoxy) is 2. The summed E-state index contributed by atoms with van der Waals surface area (Å²) in [6.45, 7) is 0.204. The van der Waals surface area contributed by atoms with Crippen molar-refractivity contribution in [3.8, 4) is 11.5 Å². The molecule has 1 heterocycles. The molecule has 0 aliphatic carbocycles. The Labute approximate surface area is 178 Å². The fourth-order valence-electron chi connectivity index (χ4n) is 3.26. The fraction of sp³-hybridized carbons (Fsp3) is 0.136. The summed E-state index contributed by atoms with van der Waals surface area (Å²) in [5.41, 5.74) is 15.6. The fourth-order valence-corrected chi connectivity index (χ4v) is 3.47. The molecule has 30 heavy (non-hydrogen) atoms. The summed E-state index contributed by atoms with van der Waals surface area (Å²) in [5.74, 6) is 0.157. The smallest absolute Gasteiger partial charge is 0.167 e. The molecule has 3 aromatic carbocycles. The molecule has 1 aliphatic heterocycles. The van der Waals surface area contributed by atoms with Crippen LogP contribution in [-0.4, -0.2) is 13.4 Å². The van der Waals surface area contributed by atoms with Crippen molar-refractivity contribution >= 4 is 35.0 Å². The number of anilines is 2. The molecule has 154 valence electrons. The number of nitrogen functional groups attached to an aromatic ring is 1. The maximum Gasteiger partial charge on any atom is 0.167 e. The van der Waals surface area contributed by atoms with Gasteiger partial charge in [0, 0.05) is 28.4 Å². The normalized spacial score (nSPS) is 15.1. The quantitative estimate of drug-likeness (QED) is 0.573. The van der Waals surface area contributed by atoms with E-state index in [1.807, 2.05) is 12.1 Å². The van der Waals surface area contributed by atoms with Gasteiger partial charge in [-0.25, -0.2) is 9.38 Å². The third kappa shape index (κ3) is 3.90. The van der Waals surface area contributed by atoms with Gasteiger partial charge < -0.3 is 25.8 Å². The SMILES string of the molecule is COc1cc2c(cc1N)C(N)N(c1ccc(OCc3cccc(Cl)c3)c(F)c1)C=N2. The number of methoxy groups -OCH3 is 1. The first kappa shape index (κ1) is 20.0. The van der Waals surface area contributed by atoms with Gasteiger partial charge in [-0.1, -0.05) is 23.7 Å². The largest absolute Gasteiger partial charge is 0.495 e. The number of halogens is 2. The molecule has 0 fully saturated rings. The summed E-state index contributed by atoms with van der Waals surface area (Å²) in [6, 6.07) is 15.3. The van der Waals surface area contributed by atoms with Crippen LogP contribution in [0.2, 0.25) is 5.02 Å². The van der Waals surface area contributed by atoms with Crippen molar-refractivity contribution in [2.24, 2.45) is 10.7 Å². The molecule has 3 aromatic rings. The van der Waals surface area contributed by atoms with Crippen LogP contribution >= 0.6 is 11.6 Å². The standard InChI is InChI=1S/C22H20ClFN4O2/c1-29-21-10-19-16(9-18(21)25)22(26)28(12-27-19)15-5-6-20(17(24)8-15)30-11-13-3-2-4-14(23)7-13/h2-10,12,22H,11,25-26H2,1H3. The summed E-state index contributed by atoms with van der Waals surface area (Å²) in [4.78, 5) is 6.07. The number of benzene rings is 3.